The highest BCUT2D eigenvalue weighted by molar-refractivity contribution is 5.54. The van der Waals surface area contributed by atoms with Gasteiger partial charge in [0.05, 0.1) is 0 Å². The second kappa shape index (κ2) is 3.88. The maximum atomic E-state index is 5.99. The lowest BCUT2D eigenvalue weighted by atomic mass is 9.80. The van der Waals surface area contributed by atoms with Crippen molar-refractivity contribution in [1.82, 2.24) is 0 Å². The van der Waals surface area contributed by atoms with Gasteiger partial charge >= 0.3 is 0 Å². The van der Waals surface area contributed by atoms with Gasteiger partial charge in [0.2, 0.25) is 0 Å². The van der Waals surface area contributed by atoms with Gasteiger partial charge in [0, 0.05) is 5.69 Å². The molecule has 0 aliphatic carbocycles. The number of nitrogens with two attached hydrogens (primary N) is 1. The first-order chi connectivity index (χ1) is 6.73. The Morgan fingerprint density at radius 2 is 1.67 bits per heavy atom. The van der Waals surface area contributed by atoms with Crippen LogP contribution in [0.1, 0.15) is 57.2 Å². The van der Waals surface area contributed by atoms with Crippen LogP contribution < -0.4 is 5.73 Å². The molecular formula is C14H23N. The summed E-state index contributed by atoms with van der Waals surface area (Å²) < 4.78 is 0. The van der Waals surface area contributed by atoms with Crippen molar-refractivity contribution in [1.29, 1.82) is 0 Å². The highest BCUT2D eigenvalue weighted by atomic mass is 14.6. The van der Waals surface area contributed by atoms with Crippen LogP contribution in [0.2, 0.25) is 0 Å². The Morgan fingerprint density at radius 1 is 1.13 bits per heavy atom. The Morgan fingerprint density at radius 3 is 2.07 bits per heavy atom. The van der Waals surface area contributed by atoms with Crippen LogP contribution in [0.3, 0.4) is 0 Å². The number of rotatable bonds is 1. The minimum atomic E-state index is 0.168. The van der Waals surface area contributed by atoms with Crippen LogP contribution in [0.5, 0.6) is 0 Å². The van der Waals surface area contributed by atoms with Gasteiger partial charge in [0.1, 0.15) is 0 Å². The fourth-order valence-electron chi connectivity index (χ4n) is 1.87. The Hall–Kier alpha value is -0.980. The highest BCUT2D eigenvalue weighted by Gasteiger charge is 2.20. The molecular weight excluding hydrogens is 182 g/mol. The SMILES string of the molecule is Cc1cc(C(C)C)c(C(C)(C)C)cc1N. The summed E-state index contributed by atoms with van der Waals surface area (Å²) in [5.41, 5.74) is 11.0. The van der Waals surface area contributed by atoms with Gasteiger partial charge in [-0.15, -0.1) is 0 Å². The molecule has 1 aromatic carbocycles. The predicted octanol–water partition coefficient (Wildman–Crippen LogP) is 4.00. The fourth-order valence-corrected chi connectivity index (χ4v) is 1.87. The van der Waals surface area contributed by atoms with Crippen molar-refractivity contribution in [3.05, 3.63) is 28.8 Å². The molecule has 0 fully saturated rings. The number of aryl methyl sites for hydroxylation is 1. The molecule has 0 amide bonds. The lowest BCUT2D eigenvalue weighted by molar-refractivity contribution is 0.577. The summed E-state index contributed by atoms with van der Waals surface area (Å²) in [6.45, 7) is 13.3. The molecule has 0 unspecified atom stereocenters. The van der Waals surface area contributed by atoms with Crippen molar-refractivity contribution in [2.75, 3.05) is 5.73 Å². The third-order valence-corrected chi connectivity index (χ3v) is 2.87. The molecule has 1 aromatic rings. The normalized spacial score (nSPS) is 12.2. The first-order valence-electron chi connectivity index (χ1n) is 5.64. The molecule has 0 saturated carbocycles. The van der Waals surface area contributed by atoms with E-state index in [4.69, 9.17) is 5.73 Å². The van der Waals surface area contributed by atoms with Crippen LogP contribution in [0.15, 0.2) is 12.1 Å². The Kier molecular flexibility index (Phi) is 3.13. The smallest absolute Gasteiger partial charge is 0.0346 e. The van der Waals surface area contributed by atoms with Crippen LogP contribution in [-0.4, -0.2) is 0 Å². The van der Waals surface area contributed by atoms with Gasteiger partial charge in [-0.25, -0.2) is 0 Å². The Bertz CT molecular complexity index is 356. The van der Waals surface area contributed by atoms with Crippen molar-refractivity contribution in [3.8, 4) is 0 Å². The summed E-state index contributed by atoms with van der Waals surface area (Å²) in [6.07, 6.45) is 0. The fraction of sp³-hybridized carbons (Fsp3) is 0.571. The Labute approximate surface area is 93.7 Å². The molecule has 0 aromatic heterocycles. The van der Waals surface area contributed by atoms with Crippen LogP contribution in [0.25, 0.3) is 0 Å². The lowest BCUT2D eigenvalue weighted by Gasteiger charge is -2.26. The van der Waals surface area contributed by atoms with Gasteiger partial charge in [0.15, 0.2) is 0 Å². The van der Waals surface area contributed by atoms with Gasteiger partial charge in [0.25, 0.3) is 0 Å². The molecule has 0 atom stereocenters. The van der Waals surface area contributed by atoms with E-state index in [0.29, 0.717) is 5.92 Å². The van der Waals surface area contributed by atoms with Crippen LogP contribution in [0.4, 0.5) is 5.69 Å². The maximum Gasteiger partial charge on any atom is 0.0346 e. The van der Waals surface area contributed by atoms with Crippen LogP contribution >= 0.6 is 0 Å². The second-order valence-electron chi connectivity index (χ2n) is 5.70. The van der Waals surface area contributed by atoms with E-state index in [-0.39, 0.29) is 5.41 Å². The van der Waals surface area contributed by atoms with Crippen LogP contribution in [0, 0.1) is 6.92 Å². The molecule has 84 valence electrons. The molecule has 2 N–H and O–H groups in total. The zero-order valence-corrected chi connectivity index (χ0v) is 10.8. The molecule has 0 spiro atoms. The third kappa shape index (κ3) is 2.53. The number of anilines is 1. The summed E-state index contributed by atoms with van der Waals surface area (Å²) in [7, 11) is 0. The Balaban J connectivity index is 3.42. The van der Waals surface area contributed by atoms with Crippen molar-refractivity contribution in [3.63, 3.8) is 0 Å². The van der Waals surface area contributed by atoms with E-state index in [9.17, 15) is 0 Å². The molecule has 1 rings (SSSR count). The first-order valence-corrected chi connectivity index (χ1v) is 5.64. The van der Waals surface area contributed by atoms with E-state index in [2.05, 4.69) is 53.7 Å². The minimum Gasteiger partial charge on any atom is -0.399 e. The molecule has 15 heavy (non-hydrogen) atoms. The topological polar surface area (TPSA) is 26.0 Å². The van der Waals surface area contributed by atoms with Crippen molar-refractivity contribution in [2.24, 2.45) is 0 Å². The summed E-state index contributed by atoms with van der Waals surface area (Å²) >= 11 is 0. The zero-order valence-electron chi connectivity index (χ0n) is 10.8. The first kappa shape index (κ1) is 12.1. The van der Waals surface area contributed by atoms with E-state index < -0.39 is 0 Å². The average molecular weight is 205 g/mol. The van der Waals surface area contributed by atoms with E-state index in [1.54, 1.807) is 0 Å². The molecule has 0 aliphatic heterocycles. The lowest BCUT2D eigenvalue weighted by Crippen LogP contribution is -2.16. The molecule has 0 aliphatic rings. The van der Waals surface area contributed by atoms with Crippen molar-refractivity contribution < 1.29 is 0 Å². The quantitative estimate of drug-likeness (QED) is 0.689. The maximum absolute atomic E-state index is 5.99. The van der Waals surface area contributed by atoms with E-state index in [1.807, 2.05) is 0 Å². The van der Waals surface area contributed by atoms with Gasteiger partial charge in [-0.2, -0.15) is 0 Å². The van der Waals surface area contributed by atoms with Gasteiger partial charge in [-0.05, 0) is 41.0 Å². The number of benzene rings is 1. The highest BCUT2D eigenvalue weighted by Crippen LogP contribution is 2.33. The van der Waals surface area contributed by atoms with Gasteiger partial charge < -0.3 is 5.73 Å². The second-order valence-corrected chi connectivity index (χ2v) is 5.70. The summed E-state index contributed by atoms with van der Waals surface area (Å²) in [6, 6.07) is 4.38. The molecule has 0 saturated heterocycles. The number of nitrogen functional groups attached to an aromatic ring is 1. The molecule has 0 heterocycles. The minimum absolute atomic E-state index is 0.168. The van der Waals surface area contributed by atoms with Crippen molar-refractivity contribution in [2.45, 2.75) is 52.9 Å². The average Bonchev–Trinajstić information content (AvgIpc) is 2.06. The molecule has 0 radical (unpaired) electrons. The number of hydrogen-bond acceptors (Lipinski definition) is 1. The van der Waals surface area contributed by atoms with Gasteiger partial charge in [-0.1, -0.05) is 40.7 Å². The van der Waals surface area contributed by atoms with Crippen LogP contribution in [-0.2, 0) is 5.41 Å². The van der Waals surface area contributed by atoms with E-state index >= 15 is 0 Å². The molecule has 1 heteroatoms. The molecule has 1 nitrogen and oxygen atoms in total. The standard InChI is InChI=1S/C14H23N/c1-9(2)11-7-10(3)13(15)8-12(11)14(4,5)6/h7-9H,15H2,1-6H3. The summed E-state index contributed by atoms with van der Waals surface area (Å²) in [4.78, 5) is 0. The third-order valence-electron chi connectivity index (χ3n) is 2.87. The predicted molar refractivity (Wildman–Crippen MR) is 68.4 cm³/mol. The largest absolute Gasteiger partial charge is 0.399 e. The van der Waals surface area contributed by atoms with E-state index in [0.717, 1.165) is 5.69 Å². The number of hydrogen-bond donors (Lipinski definition) is 1. The summed E-state index contributed by atoms with van der Waals surface area (Å²) in [5, 5.41) is 0. The monoisotopic (exact) mass is 205 g/mol. The zero-order chi connectivity index (χ0) is 11.8. The van der Waals surface area contributed by atoms with Gasteiger partial charge in [-0.3, -0.25) is 0 Å². The molecule has 0 bridgehead atoms. The summed E-state index contributed by atoms with van der Waals surface area (Å²) in [5.74, 6) is 0.554. The van der Waals surface area contributed by atoms with Crippen molar-refractivity contribution >= 4 is 5.69 Å². The van der Waals surface area contributed by atoms with E-state index in [1.165, 1.54) is 16.7 Å².